The number of thioether (sulfide) groups is 1. The lowest BCUT2D eigenvalue weighted by molar-refractivity contribution is -0.684. The summed E-state index contributed by atoms with van der Waals surface area (Å²) in [6.45, 7) is 2.19. The van der Waals surface area contributed by atoms with Crippen molar-refractivity contribution in [1.82, 2.24) is 0 Å². The Bertz CT molecular complexity index is 588. The maximum absolute atomic E-state index is 12.2. The van der Waals surface area contributed by atoms with Crippen molar-refractivity contribution in [2.75, 3.05) is 11.9 Å². The van der Waals surface area contributed by atoms with E-state index in [0.29, 0.717) is 22.3 Å². The maximum Gasteiger partial charge on any atom is 0.288 e. The molecule has 1 amide bonds. The number of carbonyl (C=O) groups is 1. The fourth-order valence-electron chi connectivity index (χ4n) is 1.88. The van der Waals surface area contributed by atoms with E-state index in [-0.39, 0.29) is 18.5 Å². The van der Waals surface area contributed by atoms with Gasteiger partial charge in [-0.1, -0.05) is 11.8 Å². The summed E-state index contributed by atoms with van der Waals surface area (Å²) in [4.78, 5) is 12.3. The van der Waals surface area contributed by atoms with Crippen LogP contribution < -0.4 is 10.6 Å². The normalized spacial score (nSPS) is 12.4. The summed E-state index contributed by atoms with van der Waals surface area (Å²) < 4.78 is 29.7. The molecule has 2 rings (SSSR count). The second kappa shape index (κ2) is 7.95. The molecule has 0 saturated heterocycles. The molecule has 0 bridgehead atoms. The third-order valence-corrected chi connectivity index (χ3v) is 3.73. The van der Waals surface area contributed by atoms with Crippen molar-refractivity contribution < 1.29 is 23.3 Å². The molecule has 7 heteroatoms. The number of rotatable bonds is 7. The van der Waals surface area contributed by atoms with Gasteiger partial charge < -0.3 is 15.1 Å². The molecule has 2 aromatic rings. The zero-order valence-electron chi connectivity index (χ0n) is 12.0. The second-order valence-corrected chi connectivity index (χ2v) is 5.76. The van der Waals surface area contributed by atoms with Crippen LogP contribution in [0.2, 0.25) is 0 Å². The van der Waals surface area contributed by atoms with Crippen molar-refractivity contribution in [1.29, 1.82) is 0 Å². The molecule has 0 radical (unpaired) electrons. The number of anilines is 1. The third kappa shape index (κ3) is 5.16. The van der Waals surface area contributed by atoms with E-state index in [0.717, 1.165) is 5.76 Å². The highest BCUT2D eigenvalue weighted by atomic mass is 32.2. The number of amides is 1. The predicted molar refractivity (Wildman–Crippen MR) is 80.8 cm³/mol. The van der Waals surface area contributed by atoms with Crippen LogP contribution in [0.4, 0.5) is 14.5 Å². The van der Waals surface area contributed by atoms with Crippen LogP contribution in [0.15, 0.2) is 52.0 Å². The number of hydrogen-bond donors (Lipinski definition) is 2. The molecule has 0 aliphatic rings. The molecular weight excluding hydrogens is 310 g/mol. The Morgan fingerprint density at radius 2 is 2.05 bits per heavy atom. The molecule has 22 heavy (non-hydrogen) atoms. The lowest BCUT2D eigenvalue weighted by Gasteiger charge is -2.09. The average molecular weight is 327 g/mol. The molecule has 0 aliphatic carbocycles. The Labute approximate surface area is 131 Å². The van der Waals surface area contributed by atoms with Gasteiger partial charge in [-0.05, 0) is 43.3 Å². The van der Waals surface area contributed by atoms with Gasteiger partial charge in [-0.25, -0.2) is 0 Å². The molecular formula is C15H17F2N2O2S+. The number of furan rings is 1. The Balaban J connectivity index is 1.79. The van der Waals surface area contributed by atoms with Crippen LogP contribution in [-0.2, 0) is 4.79 Å². The van der Waals surface area contributed by atoms with Gasteiger partial charge in [0.2, 0.25) is 0 Å². The molecule has 0 aliphatic heterocycles. The molecule has 0 unspecified atom stereocenters. The highest BCUT2D eigenvalue weighted by molar-refractivity contribution is 7.99. The summed E-state index contributed by atoms with van der Waals surface area (Å²) in [6, 6.07) is 10.0. The molecule has 0 spiro atoms. The largest absolute Gasteiger partial charge is 0.463 e. The Morgan fingerprint density at radius 3 is 2.64 bits per heavy atom. The summed E-state index contributed by atoms with van der Waals surface area (Å²) in [7, 11) is 0. The van der Waals surface area contributed by atoms with E-state index >= 15 is 0 Å². The van der Waals surface area contributed by atoms with Crippen molar-refractivity contribution in [3.63, 3.8) is 0 Å². The first kappa shape index (κ1) is 16.5. The van der Waals surface area contributed by atoms with Gasteiger partial charge in [0.05, 0.1) is 6.26 Å². The van der Waals surface area contributed by atoms with E-state index in [9.17, 15) is 13.6 Å². The standard InChI is InChI=1S/C15H16F2N2O2S/c1-10(13-3-2-8-21-13)18-9-14(20)19-11-4-6-12(7-5-11)22-15(16)17/h2-8,10,15,18H,9H2,1H3,(H,19,20)/p+1/t10-/m1/s1. The summed E-state index contributed by atoms with van der Waals surface area (Å²) >= 11 is 0.476. The van der Waals surface area contributed by atoms with Gasteiger partial charge in [0.1, 0.15) is 6.04 Å². The molecule has 0 fully saturated rings. The van der Waals surface area contributed by atoms with Gasteiger partial charge in [0, 0.05) is 10.6 Å². The quantitative estimate of drug-likeness (QED) is 0.769. The van der Waals surface area contributed by atoms with Gasteiger partial charge in [-0.3, -0.25) is 4.79 Å². The van der Waals surface area contributed by atoms with Crippen LogP contribution >= 0.6 is 11.8 Å². The maximum atomic E-state index is 12.2. The van der Waals surface area contributed by atoms with Gasteiger partial charge >= 0.3 is 0 Å². The third-order valence-electron chi connectivity index (χ3n) is 3.01. The van der Waals surface area contributed by atoms with Gasteiger partial charge in [-0.2, -0.15) is 8.78 Å². The van der Waals surface area contributed by atoms with Crippen LogP contribution in [0.1, 0.15) is 18.7 Å². The number of hydrogen-bond acceptors (Lipinski definition) is 3. The monoisotopic (exact) mass is 327 g/mol. The molecule has 0 saturated carbocycles. The first-order valence-electron chi connectivity index (χ1n) is 6.76. The Morgan fingerprint density at radius 1 is 1.32 bits per heavy atom. The molecule has 1 heterocycles. The minimum absolute atomic E-state index is 0.0468. The van der Waals surface area contributed by atoms with Crippen molar-refractivity contribution in [2.45, 2.75) is 23.6 Å². The van der Waals surface area contributed by atoms with Crippen molar-refractivity contribution in [3.8, 4) is 0 Å². The molecule has 4 nitrogen and oxygen atoms in total. The number of alkyl halides is 2. The van der Waals surface area contributed by atoms with Crippen LogP contribution in [0.25, 0.3) is 0 Å². The Hall–Kier alpha value is -1.86. The SMILES string of the molecule is C[C@@H]([NH2+]CC(=O)Nc1ccc(SC(F)F)cc1)c1ccco1. The minimum atomic E-state index is -2.45. The van der Waals surface area contributed by atoms with Crippen molar-refractivity contribution in [2.24, 2.45) is 0 Å². The fraction of sp³-hybridized carbons (Fsp3) is 0.267. The summed E-state index contributed by atoms with van der Waals surface area (Å²) in [6.07, 6.45) is 1.60. The van der Waals surface area contributed by atoms with E-state index in [4.69, 9.17) is 4.42 Å². The highest BCUT2D eigenvalue weighted by Gasteiger charge is 2.13. The number of nitrogens with one attached hydrogen (secondary N) is 1. The van der Waals surface area contributed by atoms with Gasteiger partial charge in [-0.15, -0.1) is 0 Å². The number of carbonyl (C=O) groups excluding carboxylic acids is 1. The molecule has 1 aromatic heterocycles. The summed E-state index contributed by atoms with van der Waals surface area (Å²) in [5.41, 5.74) is 0.586. The number of halogens is 2. The van der Waals surface area contributed by atoms with Crippen molar-refractivity contribution >= 4 is 23.4 Å². The van der Waals surface area contributed by atoms with E-state index in [1.807, 2.05) is 18.3 Å². The molecule has 1 atom stereocenters. The van der Waals surface area contributed by atoms with E-state index in [2.05, 4.69) is 5.32 Å². The van der Waals surface area contributed by atoms with Crippen LogP contribution in [-0.4, -0.2) is 18.2 Å². The highest BCUT2D eigenvalue weighted by Crippen LogP contribution is 2.26. The predicted octanol–water partition coefficient (Wildman–Crippen LogP) is 2.86. The van der Waals surface area contributed by atoms with Crippen LogP contribution in [0, 0.1) is 0 Å². The van der Waals surface area contributed by atoms with Crippen molar-refractivity contribution in [3.05, 3.63) is 48.4 Å². The average Bonchev–Trinajstić information content (AvgIpc) is 3.00. The Kier molecular flexibility index (Phi) is 5.97. The number of quaternary nitrogens is 1. The first-order chi connectivity index (χ1) is 10.5. The topological polar surface area (TPSA) is 58.9 Å². The minimum Gasteiger partial charge on any atom is -0.463 e. The zero-order valence-corrected chi connectivity index (χ0v) is 12.8. The number of nitrogens with two attached hydrogens (primary N) is 1. The van der Waals surface area contributed by atoms with Gasteiger partial charge in [0.25, 0.3) is 11.7 Å². The van der Waals surface area contributed by atoms with Gasteiger partial charge in [0.15, 0.2) is 12.3 Å². The van der Waals surface area contributed by atoms with E-state index < -0.39 is 5.76 Å². The smallest absolute Gasteiger partial charge is 0.288 e. The van der Waals surface area contributed by atoms with Crippen LogP contribution in [0.5, 0.6) is 0 Å². The number of benzene rings is 1. The summed E-state index contributed by atoms with van der Waals surface area (Å²) in [5, 5.41) is 4.58. The lowest BCUT2D eigenvalue weighted by atomic mass is 10.2. The lowest BCUT2D eigenvalue weighted by Crippen LogP contribution is -2.86. The summed E-state index contributed by atoms with van der Waals surface area (Å²) in [5.74, 6) is -1.80. The van der Waals surface area contributed by atoms with E-state index in [1.165, 1.54) is 0 Å². The molecule has 3 N–H and O–H groups in total. The first-order valence-corrected chi connectivity index (χ1v) is 7.64. The fourth-order valence-corrected chi connectivity index (χ4v) is 2.38. The molecule has 1 aromatic carbocycles. The zero-order chi connectivity index (χ0) is 15.9. The van der Waals surface area contributed by atoms with Crippen LogP contribution in [0.3, 0.4) is 0 Å². The molecule has 118 valence electrons. The second-order valence-electron chi connectivity index (χ2n) is 4.69. The van der Waals surface area contributed by atoms with E-state index in [1.54, 1.807) is 36.6 Å².